The molecule has 7 nitrogen and oxygen atoms in total. The van der Waals surface area contributed by atoms with Crippen molar-refractivity contribution in [3.63, 3.8) is 0 Å². The van der Waals surface area contributed by atoms with Crippen LogP contribution in [0.4, 0.5) is 23.2 Å². The number of aldehydes is 1. The Balaban J connectivity index is 1.89. The van der Waals surface area contributed by atoms with E-state index < -0.39 is 30.9 Å². The van der Waals surface area contributed by atoms with Gasteiger partial charge in [0.25, 0.3) is 0 Å². The molecule has 2 N–H and O–H groups in total. The maximum Gasteiger partial charge on any atom is 0.390 e. The van der Waals surface area contributed by atoms with Gasteiger partial charge in [-0.2, -0.15) is 13.2 Å². The topological polar surface area (TPSA) is 105 Å². The first-order chi connectivity index (χ1) is 17.1. The minimum Gasteiger partial charge on any atom is -0.859 e. The van der Waals surface area contributed by atoms with Crippen LogP contribution in [-0.2, 0) is 4.79 Å². The Labute approximate surface area is 202 Å². The number of carbonyl (C=O) groups excluding carboxylic acids is 1. The molecule has 0 saturated heterocycles. The average molecular weight is 497 g/mol. The van der Waals surface area contributed by atoms with Gasteiger partial charge in [-0.15, -0.1) is 0 Å². The number of rotatable bonds is 7. The van der Waals surface area contributed by atoms with E-state index in [1.807, 2.05) is 0 Å². The molecule has 0 saturated carbocycles. The molecule has 0 aliphatic carbocycles. The van der Waals surface area contributed by atoms with E-state index in [0.717, 1.165) is 6.07 Å². The zero-order valence-corrected chi connectivity index (χ0v) is 18.9. The van der Waals surface area contributed by atoms with E-state index in [1.54, 1.807) is 19.1 Å². The second-order valence-corrected chi connectivity index (χ2v) is 8.01. The molecule has 36 heavy (non-hydrogen) atoms. The molecular formula is C25H19F4N5O2. The predicted molar refractivity (Wildman–Crippen MR) is 121 cm³/mol. The van der Waals surface area contributed by atoms with Crippen LogP contribution < -0.4 is 25.9 Å². The summed E-state index contributed by atoms with van der Waals surface area (Å²) >= 11 is 0. The lowest BCUT2D eigenvalue weighted by atomic mass is 10.0. The maximum atomic E-state index is 13.8. The lowest BCUT2D eigenvalue weighted by Crippen LogP contribution is -2.55. The van der Waals surface area contributed by atoms with Gasteiger partial charge in [0.05, 0.1) is 12.0 Å². The van der Waals surface area contributed by atoms with E-state index in [1.165, 1.54) is 41.2 Å². The second kappa shape index (κ2) is 9.68. The Morgan fingerprint density at radius 2 is 1.97 bits per heavy atom. The van der Waals surface area contributed by atoms with Gasteiger partial charge in [0.2, 0.25) is 5.70 Å². The molecule has 1 aromatic heterocycles. The van der Waals surface area contributed by atoms with E-state index in [-0.39, 0.29) is 33.2 Å². The second-order valence-electron chi connectivity index (χ2n) is 8.01. The number of anilines is 1. The van der Waals surface area contributed by atoms with Crippen molar-refractivity contribution >= 4 is 29.1 Å². The predicted octanol–water partition coefficient (Wildman–Crippen LogP) is 1.74. The van der Waals surface area contributed by atoms with Crippen molar-refractivity contribution in [1.82, 2.24) is 5.10 Å². The summed E-state index contributed by atoms with van der Waals surface area (Å²) in [5.41, 5.74) is 2.45. The third-order valence-corrected chi connectivity index (χ3v) is 5.49. The highest BCUT2D eigenvalue weighted by Gasteiger charge is 2.29. The van der Waals surface area contributed by atoms with Gasteiger partial charge < -0.3 is 15.8 Å². The van der Waals surface area contributed by atoms with Crippen LogP contribution in [0.15, 0.2) is 59.7 Å². The Morgan fingerprint density at radius 1 is 1.19 bits per heavy atom. The highest BCUT2D eigenvalue weighted by Crippen LogP contribution is 2.20. The minimum atomic E-state index is -4.38. The van der Waals surface area contributed by atoms with Crippen LogP contribution in [0.2, 0.25) is 0 Å². The normalized spacial score (nSPS) is 13.4. The molecule has 0 spiro atoms. The van der Waals surface area contributed by atoms with Crippen LogP contribution in [0.3, 0.4) is 0 Å². The summed E-state index contributed by atoms with van der Waals surface area (Å²) in [6.07, 6.45) is -3.52. The van der Waals surface area contributed by atoms with Crippen molar-refractivity contribution in [2.24, 2.45) is 4.99 Å². The molecule has 2 aromatic carbocycles. The summed E-state index contributed by atoms with van der Waals surface area (Å²) < 4.78 is 53.4. The summed E-state index contributed by atoms with van der Waals surface area (Å²) in [7, 11) is 0. The zero-order valence-electron chi connectivity index (χ0n) is 18.9. The summed E-state index contributed by atoms with van der Waals surface area (Å²) in [5.74, 6) is -1.41. The molecule has 0 radical (unpaired) electrons. The van der Waals surface area contributed by atoms with Gasteiger partial charge >= 0.3 is 11.7 Å². The molecule has 1 aliphatic heterocycles. The van der Waals surface area contributed by atoms with E-state index in [0.29, 0.717) is 23.1 Å². The van der Waals surface area contributed by atoms with Gasteiger partial charge in [-0.1, -0.05) is 28.0 Å². The molecule has 0 amide bonds. The van der Waals surface area contributed by atoms with E-state index in [9.17, 15) is 27.5 Å². The third-order valence-electron chi connectivity index (χ3n) is 5.49. The van der Waals surface area contributed by atoms with Crippen molar-refractivity contribution in [3.05, 3.63) is 93.6 Å². The third kappa shape index (κ3) is 5.14. The largest absolute Gasteiger partial charge is 0.859 e. The first-order valence-electron chi connectivity index (χ1n) is 10.7. The minimum absolute atomic E-state index is 0.0289. The highest BCUT2D eigenvalue weighted by molar-refractivity contribution is 6.06. The van der Waals surface area contributed by atoms with Gasteiger partial charge in [0.15, 0.2) is 12.5 Å². The lowest BCUT2D eigenvalue weighted by Gasteiger charge is -2.12. The number of carbonyl (C=O) groups is 1. The molecule has 2 heterocycles. The summed E-state index contributed by atoms with van der Waals surface area (Å²) in [5, 5.41) is 26.1. The van der Waals surface area contributed by atoms with Gasteiger partial charge in [0, 0.05) is 18.2 Å². The number of alkyl halides is 3. The van der Waals surface area contributed by atoms with E-state index >= 15 is 0 Å². The SMILES string of the molecule is Cc1cc(C2=CN=c3c(NCCC(F)(F)F)cc(=C(C=O)c4cccc(F)c4)n[n+]32)ccc1C(=N)[O-]. The number of nitrogens with zero attached hydrogens (tertiary/aromatic N) is 3. The van der Waals surface area contributed by atoms with Crippen molar-refractivity contribution in [1.29, 1.82) is 5.41 Å². The number of fused-ring (bicyclic) bond motifs is 1. The van der Waals surface area contributed by atoms with E-state index in [4.69, 9.17) is 5.41 Å². The fraction of sp³-hybridized carbons (Fsp3) is 0.160. The van der Waals surface area contributed by atoms with Gasteiger partial charge in [-0.25, -0.2) is 4.39 Å². The Hall–Kier alpha value is -4.41. The van der Waals surface area contributed by atoms with Crippen LogP contribution in [0.5, 0.6) is 0 Å². The summed E-state index contributed by atoms with van der Waals surface area (Å²) in [6, 6.07) is 11.5. The molecule has 11 heteroatoms. The molecule has 1 aliphatic rings. The van der Waals surface area contributed by atoms with Crippen LogP contribution in [0.25, 0.3) is 11.3 Å². The smallest absolute Gasteiger partial charge is 0.390 e. The summed E-state index contributed by atoms with van der Waals surface area (Å²) in [4.78, 5) is 16.3. The number of hydrogen-bond acceptors (Lipinski definition) is 6. The Morgan fingerprint density at radius 3 is 2.61 bits per heavy atom. The summed E-state index contributed by atoms with van der Waals surface area (Å²) in [6.45, 7) is 1.22. The van der Waals surface area contributed by atoms with Gasteiger partial charge in [-0.05, 0) is 58.8 Å². The van der Waals surface area contributed by atoms with Crippen LogP contribution in [-0.4, -0.2) is 30.0 Å². The number of benzene rings is 2. The van der Waals surface area contributed by atoms with Gasteiger partial charge in [0.1, 0.15) is 16.9 Å². The fourth-order valence-electron chi connectivity index (χ4n) is 3.78. The first-order valence-corrected chi connectivity index (χ1v) is 10.7. The standard InChI is InChI=1S/C25H19F4N5O2/c1-14-9-16(5-6-18(14)23(30)36)22-12-32-24-21(31-8-7-25(27,28)29)11-20(33-34(22)24)19(13-35)15-3-2-4-17(26)10-15/h2-6,9-13H,7-8H2,1H3,(H2-,30,31,35,36). The Bertz CT molecular complexity index is 1530. The van der Waals surface area contributed by atoms with E-state index in [2.05, 4.69) is 15.4 Å². The average Bonchev–Trinajstić information content (AvgIpc) is 3.23. The zero-order chi connectivity index (χ0) is 26.0. The number of hydrogen-bond donors (Lipinski definition) is 2. The molecular weight excluding hydrogens is 478 g/mol. The van der Waals surface area contributed by atoms with Crippen molar-refractivity contribution in [3.8, 4) is 0 Å². The molecule has 184 valence electrons. The molecule has 4 rings (SSSR count). The number of aromatic nitrogens is 2. The first kappa shape index (κ1) is 24.7. The molecule has 0 atom stereocenters. The molecule has 0 unspecified atom stereocenters. The van der Waals surface area contributed by atoms with Crippen molar-refractivity contribution in [2.45, 2.75) is 19.5 Å². The number of aryl methyl sites for hydroxylation is 1. The number of nitrogens with one attached hydrogen (secondary N) is 2. The fourth-order valence-corrected chi connectivity index (χ4v) is 3.78. The Kier molecular flexibility index (Phi) is 6.65. The van der Waals surface area contributed by atoms with Crippen molar-refractivity contribution in [2.75, 3.05) is 11.9 Å². The van der Waals surface area contributed by atoms with Crippen LogP contribution >= 0.6 is 0 Å². The number of halogens is 4. The quantitative estimate of drug-likeness (QED) is 0.171. The molecule has 3 aromatic rings. The van der Waals surface area contributed by atoms with Gasteiger partial charge in [-0.3, -0.25) is 4.79 Å². The molecule has 0 bridgehead atoms. The maximum absolute atomic E-state index is 13.8. The van der Waals surface area contributed by atoms with Crippen LogP contribution in [0.1, 0.15) is 28.7 Å². The lowest BCUT2D eigenvalue weighted by molar-refractivity contribution is -0.657. The molecule has 0 fully saturated rings. The van der Waals surface area contributed by atoms with Crippen LogP contribution in [0, 0.1) is 18.2 Å². The van der Waals surface area contributed by atoms with Crippen molar-refractivity contribution < 1.29 is 32.1 Å². The monoisotopic (exact) mass is 497 g/mol. The highest BCUT2D eigenvalue weighted by atomic mass is 19.4.